The molecule has 3 rings (SSSR count). The van der Waals surface area contributed by atoms with Crippen molar-refractivity contribution in [2.75, 3.05) is 5.32 Å². The molecule has 1 aromatic carbocycles. The summed E-state index contributed by atoms with van der Waals surface area (Å²) in [5.74, 6) is -1.12. The van der Waals surface area contributed by atoms with Crippen LogP contribution in [-0.2, 0) is 16.0 Å². The lowest BCUT2D eigenvalue weighted by Crippen LogP contribution is -2.18. The minimum absolute atomic E-state index is 0.0463. The first-order valence-electron chi connectivity index (χ1n) is 6.86. The zero-order chi connectivity index (χ0) is 18.0. The van der Waals surface area contributed by atoms with Crippen molar-refractivity contribution in [2.45, 2.75) is 6.42 Å². The van der Waals surface area contributed by atoms with Gasteiger partial charge in [0.05, 0.1) is 15.0 Å². The van der Waals surface area contributed by atoms with Crippen molar-refractivity contribution >= 4 is 68.5 Å². The molecule has 25 heavy (non-hydrogen) atoms. The Morgan fingerprint density at radius 2 is 2.12 bits per heavy atom. The van der Waals surface area contributed by atoms with Crippen LogP contribution < -0.4 is 10.6 Å². The summed E-state index contributed by atoms with van der Waals surface area (Å²) in [6.45, 7) is 0. The van der Waals surface area contributed by atoms with Gasteiger partial charge in [-0.3, -0.25) is 25.0 Å². The number of halogens is 2. The van der Waals surface area contributed by atoms with Gasteiger partial charge in [-0.2, -0.15) is 0 Å². The largest absolute Gasteiger partial charge is 0.298 e. The van der Waals surface area contributed by atoms with E-state index in [0.717, 1.165) is 16.5 Å². The number of hydrogen-bond acceptors (Lipinski definition) is 6. The van der Waals surface area contributed by atoms with Gasteiger partial charge in [-0.05, 0) is 23.4 Å². The lowest BCUT2D eigenvalue weighted by atomic mass is 10.1. The van der Waals surface area contributed by atoms with Crippen LogP contribution in [0.2, 0.25) is 10.0 Å². The molecule has 0 unspecified atom stereocenters. The Morgan fingerprint density at radius 1 is 1.32 bits per heavy atom. The van der Waals surface area contributed by atoms with Crippen LogP contribution in [0.3, 0.4) is 0 Å². The first-order chi connectivity index (χ1) is 11.9. The predicted octanol–water partition coefficient (Wildman–Crippen LogP) is 3.85. The van der Waals surface area contributed by atoms with E-state index in [0.29, 0.717) is 33.4 Å². The van der Waals surface area contributed by atoms with Crippen LogP contribution in [0.4, 0.5) is 9.93 Å². The molecule has 0 bridgehead atoms. The van der Waals surface area contributed by atoms with E-state index in [1.165, 1.54) is 11.3 Å². The number of hydrogen-bond donors (Lipinski definition) is 2. The first-order valence-corrected chi connectivity index (χ1v) is 9.24. The van der Waals surface area contributed by atoms with Crippen LogP contribution in [0.1, 0.15) is 10.4 Å². The van der Waals surface area contributed by atoms with Crippen molar-refractivity contribution in [3.05, 3.63) is 55.9 Å². The molecule has 1 fully saturated rings. The van der Waals surface area contributed by atoms with Gasteiger partial charge in [0, 0.05) is 23.6 Å². The number of carbonyl (C=O) groups excluding carboxylic acids is 3. The SMILES string of the molecule is O=C(/C=C1/SC(=O)NC1=O)Nc1ncc(Cc2cccc(Cl)c2Cl)s1. The molecule has 1 aliphatic rings. The van der Waals surface area contributed by atoms with Gasteiger partial charge in [-0.15, -0.1) is 11.3 Å². The lowest BCUT2D eigenvalue weighted by molar-refractivity contribution is -0.116. The van der Waals surface area contributed by atoms with E-state index in [-0.39, 0.29) is 4.91 Å². The molecule has 1 aromatic heterocycles. The summed E-state index contributed by atoms with van der Waals surface area (Å²) < 4.78 is 0. The van der Waals surface area contributed by atoms with Gasteiger partial charge in [0.25, 0.3) is 17.1 Å². The van der Waals surface area contributed by atoms with E-state index < -0.39 is 17.1 Å². The maximum absolute atomic E-state index is 11.9. The fraction of sp³-hybridized carbons (Fsp3) is 0.0667. The standard InChI is InChI=1S/C15H9Cl2N3O3S2/c16-9-3-1-2-7(12(9)17)4-8-6-18-14(24-8)19-11(21)5-10-13(22)20-15(23)25-10/h1-3,5-6H,4H2,(H,18,19,21)(H,20,22,23)/b10-5+. The Balaban J connectivity index is 1.67. The molecular weight excluding hydrogens is 405 g/mol. The second-order valence-electron chi connectivity index (χ2n) is 4.86. The smallest absolute Gasteiger partial charge is 0.290 e. The number of carbonyl (C=O) groups is 3. The molecule has 0 atom stereocenters. The van der Waals surface area contributed by atoms with Crippen LogP contribution in [0.25, 0.3) is 0 Å². The highest BCUT2D eigenvalue weighted by molar-refractivity contribution is 8.18. The minimum atomic E-state index is -0.583. The number of thiazole rings is 1. The lowest BCUT2D eigenvalue weighted by Gasteiger charge is -2.03. The van der Waals surface area contributed by atoms with Gasteiger partial charge in [0.15, 0.2) is 5.13 Å². The Bertz CT molecular complexity index is 911. The Kier molecular flexibility index (Phi) is 5.43. The molecule has 10 heteroatoms. The van der Waals surface area contributed by atoms with Crippen molar-refractivity contribution in [1.29, 1.82) is 0 Å². The Morgan fingerprint density at radius 3 is 2.84 bits per heavy atom. The number of anilines is 1. The third-order valence-corrected chi connectivity index (χ3v) is 5.67. The van der Waals surface area contributed by atoms with Gasteiger partial charge in [-0.1, -0.05) is 35.3 Å². The summed E-state index contributed by atoms with van der Waals surface area (Å²) >= 11 is 14.1. The van der Waals surface area contributed by atoms with Gasteiger partial charge >= 0.3 is 0 Å². The molecular formula is C15H9Cl2N3O3S2. The van der Waals surface area contributed by atoms with Crippen molar-refractivity contribution in [3.63, 3.8) is 0 Å². The van der Waals surface area contributed by atoms with Crippen molar-refractivity contribution in [1.82, 2.24) is 10.3 Å². The van der Waals surface area contributed by atoms with Crippen LogP contribution in [0.5, 0.6) is 0 Å². The second-order valence-corrected chi connectivity index (χ2v) is 7.78. The average molecular weight is 414 g/mol. The highest BCUT2D eigenvalue weighted by atomic mass is 35.5. The maximum Gasteiger partial charge on any atom is 0.290 e. The van der Waals surface area contributed by atoms with E-state index in [1.807, 2.05) is 12.1 Å². The number of thioether (sulfide) groups is 1. The van der Waals surface area contributed by atoms with Crippen LogP contribution >= 0.6 is 46.3 Å². The zero-order valence-corrected chi connectivity index (χ0v) is 15.5. The molecule has 128 valence electrons. The van der Waals surface area contributed by atoms with Crippen molar-refractivity contribution in [2.24, 2.45) is 0 Å². The zero-order valence-electron chi connectivity index (χ0n) is 12.3. The third-order valence-electron chi connectivity index (χ3n) is 3.08. The molecule has 0 radical (unpaired) electrons. The number of nitrogens with one attached hydrogen (secondary N) is 2. The highest BCUT2D eigenvalue weighted by Crippen LogP contribution is 2.29. The van der Waals surface area contributed by atoms with E-state index >= 15 is 0 Å². The molecule has 0 spiro atoms. The number of rotatable bonds is 4. The number of benzene rings is 1. The summed E-state index contributed by atoms with van der Waals surface area (Å²) in [6, 6.07) is 5.38. The van der Waals surface area contributed by atoms with E-state index in [4.69, 9.17) is 23.2 Å². The summed E-state index contributed by atoms with van der Waals surface area (Å²) in [6.07, 6.45) is 3.23. The average Bonchev–Trinajstić information content (AvgIpc) is 3.10. The third kappa shape index (κ3) is 4.40. The molecule has 3 amide bonds. The van der Waals surface area contributed by atoms with Gasteiger partial charge in [0.1, 0.15) is 0 Å². The number of nitrogens with zero attached hydrogens (tertiary/aromatic N) is 1. The molecule has 2 aromatic rings. The van der Waals surface area contributed by atoms with Crippen molar-refractivity contribution < 1.29 is 14.4 Å². The van der Waals surface area contributed by atoms with Gasteiger partial charge in [-0.25, -0.2) is 4.98 Å². The number of imide groups is 1. The topological polar surface area (TPSA) is 88.2 Å². The molecule has 6 nitrogen and oxygen atoms in total. The summed E-state index contributed by atoms with van der Waals surface area (Å²) in [7, 11) is 0. The van der Waals surface area contributed by atoms with E-state index in [9.17, 15) is 14.4 Å². The molecule has 2 heterocycles. The fourth-order valence-corrected chi connectivity index (χ4v) is 3.88. The Hall–Kier alpha value is -1.87. The monoisotopic (exact) mass is 413 g/mol. The van der Waals surface area contributed by atoms with E-state index in [1.54, 1.807) is 12.3 Å². The molecule has 2 N–H and O–H groups in total. The summed E-state index contributed by atoms with van der Waals surface area (Å²) in [5, 5.41) is 5.49. The number of aromatic nitrogens is 1. The second kappa shape index (κ2) is 7.57. The maximum atomic E-state index is 11.9. The molecule has 1 saturated heterocycles. The van der Waals surface area contributed by atoms with Gasteiger partial charge < -0.3 is 0 Å². The normalized spacial score (nSPS) is 15.5. The van der Waals surface area contributed by atoms with Gasteiger partial charge in [0.2, 0.25) is 0 Å². The fourth-order valence-electron chi connectivity index (χ4n) is 2.00. The minimum Gasteiger partial charge on any atom is -0.298 e. The van der Waals surface area contributed by atoms with E-state index in [2.05, 4.69) is 15.6 Å². The molecule has 0 saturated carbocycles. The van der Waals surface area contributed by atoms with Crippen LogP contribution in [0, 0.1) is 0 Å². The molecule has 0 aliphatic carbocycles. The Labute approximate surface area is 160 Å². The van der Waals surface area contributed by atoms with Crippen molar-refractivity contribution in [3.8, 4) is 0 Å². The summed E-state index contributed by atoms with van der Waals surface area (Å²) in [5.41, 5.74) is 0.857. The predicted molar refractivity (Wildman–Crippen MR) is 99.2 cm³/mol. The quantitative estimate of drug-likeness (QED) is 0.743. The highest BCUT2D eigenvalue weighted by Gasteiger charge is 2.26. The van der Waals surface area contributed by atoms with Crippen LogP contribution in [-0.4, -0.2) is 22.0 Å². The number of amides is 3. The summed E-state index contributed by atoms with van der Waals surface area (Å²) in [4.78, 5) is 39.4. The molecule has 1 aliphatic heterocycles. The first kappa shape index (κ1) is 17.9. The van der Waals surface area contributed by atoms with Crippen LogP contribution in [0.15, 0.2) is 35.4 Å².